The van der Waals surface area contributed by atoms with Crippen LogP contribution in [0.5, 0.6) is 0 Å². The van der Waals surface area contributed by atoms with E-state index in [1.165, 1.54) is 5.56 Å². The average molecular weight is 300 g/mol. The highest BCUT2D eigenvalue weighted by Crippen LogP contribution is 2.30. The van der Waals surface area contributed by atoms with E-state index in [0.717, 1.165) is 45.3 Å². The second kappa shape index (κ2) is 6.09. The first-order valence-electron chi connectivity index (χ1n) is 7.65. The van der Waals surface area contributed by atoms with Crippen LogP contribution in [0.25, 0.3) is 23.1 Å². The molecule has 0 atom stereocenters. The molecule has 0 saturated heterocycles. The number of pyridine rings is 1. The molecular weight excluding hydrogens is 280 g/mol. The summed E-state index contributed by atoms with van der Waals surface area (Å²) < 4.78 is 0. The van der Waals surface area contributed by atoms with Crippen LogP contribution in [0, 0.1) is 6.92 Å². The summed E-state index contributed by atoms with van der Waals surface area (Å²) in [6, 6.07) is 12.4. The zero-order chi connectivity index (χ0) is 16.4. The number of aromatic nitrogens is 1. The predicted molar refractivity (Wildman–Crippen MR) is 100 cm³/mol. The molecule has 3 rings (SSSR count). The summed E-state index contributed by atoms with van der Waals surface area (Å²) in [5, 5.41) is 1.15. The second-order valence-electron chi connectivity index (χ2n) is 5.67. The first-order valence-corrected chi connectivity index (χ1v) is 7.65. The van der Waals surface area contributed by atoms with Crippen molar-refractivity contribution in [2.24, 2.45) is 0 Å². The summed E-state index contributed by atoms with van der Waals surface area (Å²) in [5.74, 6) is 0. The third-order valence-corrected chi connectivity index (χ3v) is 4.25. The minimum Gasteiger partial charge on any atom is -0.398 e. The zero-order valence-corrected chi connectivity index (χ0v) is 13.3. The molecule has 2 nitrogen and oxygen atoms in total. The van der Waals surface area contributed by atoms with Crippen molar-refractivity contribution >= 4 is 28.7 Å². The maximum Gasteiger partial charge on any atom is 0.0737 e. The van der Waals surface area contributed by atoms with Crippen LogP contribution in [-0.2, 0) is 6.42 Å². The van der Waals surface area contributed by atoms with E-state index in [2.05, 4.69) is 55.4 Å². The number of anilines is 1. The second-order valence-corrected chi connectivity index (χ2v) is 5.67. The van der Waals surface area contributed by atoms with Gasteiger partial charge in [-0.3, -0.25) is 4.98 Å². The molecule has 2 heteroatoms. The molecule has 2 N–H and O–H groups in total. The van der Waals surface area contributed by atoms with Gasteiger partial charge in [-0.2, -0.15) is 0 Å². The molecule has 0 spiro atoms. The van der Waals surface area contributed by atoms with Crippen molar-refractivity contribution in [2.75, 3.05) is 5.73 Å². The fourth-order valence-electron chi connectivity index (χ4n) is 3.10. The molecule has 0 unspecified atom stereocenters. The number of benzene rings is 2. The molecule has 114 valence electrons. The van der Waals surface area contributed by atoms with Crippen LogP contribution >= 0.6 is 0 Å². The first kappa shape index (κ1) is 15.0. The van der Waals surface area contributed by atoms with Crippen LogP contribution in [-0.4, -0.2) is 4.98 Å². The maximum absolute atomic E-state index is 6.39. The molecule has 0 amide bonds. The summed E-state index contributed by atoms with van der Waals surface area (Å²) in [7, 11) is 0. The summed E-state index contributed by atoms with van der Waals surface area (Å²) in [4.78, 5) is 4.53. The Morgan fingerprint density at radius 1 is 1.04 bits per heavy atom. The minimum absolute atomic E-state index is 0.749. The van der Waals surface area contributed by atoms with E-state index in [4.69, 9.17) is 5.73 Å². The van der Waals surface area contributed by atoms with E-state index < -0.39 is 0 Å². The number of nitrogen functional groups attached to an aromatic ring is 1. The Morgan fingerprint density at radius 3 is 2.52 bits per heavy atom. The summed E-state index contributed by atoms with van der Waals surface area (Å²) in [6.07, 6.45) is 6.23. The van der Waals surface area contributed by atoms with Crippen molar-refractivity contribution in [2.45, 2.75) is 13.3 Å². The Bertz CT molecular complexity index is 902. The van der Waals surface area contributed by atoms with Gasteiger partial charge in [0.05, 0.1) is 5.52 Å². The van der Waals surface area contributed by atoms with E-state index in [-0.39, 0.29) is 0 Å². The Kier molecular flexibility index (Phi) is 3.98. The molecule has 1 heterocycles. The summed E-state index contributed by atoms with van der Waals surface area (Å²) in [6.45, 7) is 9.86. The standard InChI is InChI=1S/C21H20N2/c1-4-18-14(3)12-17(20(22)19(18)5-2)13-16-9-6-8-15-10-7-11-23-21(15)16/h4-12H,1-2,13,22H2,3H3. The van der Waals surface area contributed by atoms with Gasteiger partial charge in [0.2, 0.25) is 0 Å². The fourth-order valence-corrected chi connectivity index (χ4v) is 3.10. The molecule has 23 heavy (non-hydrogen) atoms. The fraction of sp³-hybridized carbons (Fsp3) is 0.0952. The number of fused-ring (bicyclic) bond motifs is 1. The van der Waals surface area contributed by atoms with Gasteiger partial charge >= 0.3 is 0 Å². The van der Waals surface area contributed by atoms with Gasteiger partial charge in [0.15, 0.2) is 0 Å². The molecule has 1 aromatic heterocycles. The molecule has 2 aromatic carbocycles. The minimum atomic E-state index is 0.749. The Balaban J connectivity index is 2.14. The maximum atomic E-state index is 6.39. The largest absolute Gasteiger partial charge is 0.398 e. The molecule has 0 radical (unpaired) electrons. The van der Waals surface area contributed by atoms with E-state index in [0.29, 0.717) is 0 Å². The summed E-state index contributed by atoms with van der Waals surface area (Å²) >= 11 is 0. The molecular formula is C21H20N2. The van der Waals surface area contributed by atoms with E-state index in [1.54, 1.807) is 0 Å². The Labute approximate surface area is 137 Å². The quantitative estimate of drug-likeness (QED) is 0.688. The van der Waals surface area contributed by atoms with Gasteiger partial charge < -0.3 is 5.73 Å². The van der Waals surface area contributed by atoms with E-state index >= 15 is 0 Å². The van der Waals surface area contributed by atoms with Gasteiger partial charge in [-0.25, -0.2) is 0 Å². The number of nitrogens with two attached hydrogens (primary N) is 1. The van der Waals surface area contributed by atoms with E-state index in [1.807, 2.05) is 24.4 Å². The number of nitrogens with zero attached hydrogens (tertiary/aromatic N) is 1. The normalized spacial score (nSPS) is 10.7. The Hall–Kier alpha value is -2.87. The average Bonchev–Trinajstić information content (AvgIpc) is 2.57. The van der Waals surface area contributed by atoms with Crippen LogP contribution in [0.4, 0.5) is 5.69 Å². The molecule has 0 fully saturated rings. The molecule has 0 saturated carbocycles. The lowest BCUT2D eigenvalue weighted by Gasteiger charge is -2.15. The SMILES string of the molecule is C=Cc1c(C)cc(Cc2cccc3cccnc23)c(N)c1C=C. The number of hydrogen-bond acceptors (Lipinski definition) is 2. The smallest absolute Gasteiger partial charge is 0.0737 e. The topological polar surface area (TPSA) is 38.9 Å². The van der Waals surface area contributed by atoms with Crippen LogP contribution in [0.1, 0.15) is 27.8 Å². The van der Waals surface area contributed by atoms with Gasteiger partial charge in [-0.05, 0) is 35.2 Å². The Morgan fingerprint density at radius 2 is 1.78 bits per heavy atom. The van der Waals surface area contributed by atoms with Crippen molar-refractivity contribution in [3.05, 3.63) is 83.6 Å². The highest BCUT2D eigenvalue weighted by molar-refractivity contribution is 5.83. The van der Waals surface area contributed by atoms with Crippen LogP contribution < -0.4 is 5.73 Å². The van der Waals surface area contributed by atoms with Crippen molar-refractivity contribution in [1.82, 2.24) is 4.98 Å². The predicted octanol–water partition coefficient (Wildman–Crippen LogP) is 5.00. The summed E-state index contributed by atoms with van der Waals surface area (Å²) in [5.41, 5.74) is 13.6. The lowest BCUT2D eigenvalue weighted by molar-refractivity contribution is 1.18. The third-order valence-electron chi connectivity index (χ3n) is 4.25. The van der Waals surface area contributed by atoms with Crippen molar-refractivity contribution in [1.29, 1.82) is 0 Å². The van der Waals surface area contributed by atoms with Crippen molar-refractivity contribution < 1.29 is 0 Å². The van der Waals surface area contributed by atoms with E-state index in [9.17, 15) is 0 Å². The van der Waals surface area contributed by atoms with Crippen LogP contribution in [0.2, 0.25) is 0 Å². The molecule has 3 aromatic rings. The zero-order valence-electron chi connectivity index (χ0n) is 13.3. The highest BCUT2D eigenvalue weighted by atomic mass is 14.6. The molecule has 0 aliphatic rings. The van der Waals surface area contributed by atoms with Gasteiger partial charge in [-0.1, -0.05) is 55.6 Å². The molecule has 0 aliphatic heterocycles. The number of hydrogen-bond donors (Lipinski definition) is 1. The van der Waals surface area contributed by atoms with Crippen LogP contribution in [0.15, 0.2) is 55.8 Å². The molecule has 0 bridgehead atoms. The van der Waals surface area contributed by atoms with Gasteiger partial charge in [0.1, 0.15) is 0 Å². The van der Waals surface area contributed by atoms with Gasteiger partial charge in [0, 0.05) is 29.3 Å². The highest BCUT2D eigenvalue weighted by Gasteiger charge is 2.12. The number of para-hydroxylation sites is 1. The lowest BCUT2D eigenvalue weighted by Crippen LogP contribution is -2.03. The third kappa shape index (κ3) is 2.64. The van der Waals surface area contributed by atoms with Crippen molar-refractivity contribution in [3.63, 3.8) is 0 Å². The van der Waals surface area contributed by atoms with Crippen LogP contribution in [0.3, 0.4) is 0 Å². The molecule has 0 aliphatic carbocycles. The number of rotatable bonds is 4. The monoisotopic (exact) mass is 300 g/mol. The van der Waals surface area contributed by atoms with Crippen molar-refractivity contribution in [3.8, 4) is 0 Å². The number of aryl methyl sites for hydroxylation is 1. The first-order chi connectivity index (χ1) is 11.2. The lowest BCUT2D eigenvalue weighted by atomic mass is 9.92. The van der Waals surface area contributed by atoms with Gasteiger partial charge in [-0.15, -0.1) is 0 Å². The van der Waals surface area contributed by atoms with Gasteiger partial charge in [0.25, 0.3) is 0 Å².